The van der Waals surface area contributed by atoms with Crippen LogP contribution < -0.4 is 9.62 Å². The van der Waals surface area contributed by atoms with Gasteiger partial charge in [0.15, 0.2) is 0 Å². The number of amides is 2. The zero-order valence-electron chi connectivity index (χ0n) is 20.8. The molecule has 0 aliphatic heterocycles. The van der Waals surface area contributed by atoms with Crippen LogP contribution in [0.25, 0.3) is 0 Å². The fraction of sp³-hybridized carbons (Fsp3) is 0.440. The van der Waals surface area contributed by atoms with Gasteiger partial charge in [-0.1, -0.05) is 50.6 Å². The third-order valence-electron chi connectivity index (χ3n) is 5.54. The lowest BCUT2D eigenvalue weighted by Gasteiger charge is -2.34. The summed E-state index contributed by atoms with van der Waals surface area (Å²) < 4.78 is 41.7. The average molecular weight is 507 g/mol. The van der Waals surface area contributed by atoms with E-state index in [-0.39, 0.29) is 12.5 Å². The number of rotatable bonds is 13. The second-order valence-electron chi connectivity index (χ2n) is 8.35. The molecule has 0 saturated carbocycles. The van der Waals surface area contributed by atoms with Gasteiger partial charge < -0.3 is 10.2 Å². The van der Waals surface area contributed by atoms with Crippen molar-refractivity contribution in [2.75, 3.05) is 31.5 Å². The van der Waals surface area contributed by atoms with Crippen molar-refractivity contribution in [2.45, 2.75) is 45.7 Å². The largest absolute Gasteiger partial charge is 0.354 e. The highest BCUT2D eigenvalue weighted by atomic mass is 32.2. The molecule has 0 aromatic heterocycles. The van der Waals surface area contributed by atoms with E-state index in [1.165, 1.54) is 31.1 Å². The van der Waals surface area contributed by atoms with Crippen LogP contribution in [0.5, 0.6) is 0 Å². The Morgan fingerprint density at radius 1 is 1.00 bits per heavy atom. The van der Waals surface area contributed by atoms with Gasteiger partial charge in [0.1, 0.15) is 18.4 Å². The topological polar surface area (TPSA) is 90.0 Å². The van der Waals surface area contributed by atoms with Crippen molar-refractivity contribution in [1.82, 2.24) is 14.5 Å². The molecule has 10 heteroatoms. The smallest absolute Gasteiger partial charge is 0.304 e. The number of halogens is 1. The Morgan fingerprint density at radius 2 is 1.63 bits per heavy atom. The van der Waals surface area contributed by atoms with Gasteiger partial charge in [-0.2, -0.15) is 12.7 Å². The Hall–Kier alpha value is -2.98. The zero-order chi connectivity index (χ0) is 26.0. The van der Waals surface area contributed by atoms with Crippen molar-refractivity contribution < 1.29 is 22.4 Å². The third kappa shape index (κ3) is 7.76. The van der Waals surface area contributed by atoms with Crippen LogP contribution in [0.3, 0.4) is 0 Å². The molecular weight excluding hydrogens is 471 g/mol. The van der Waals surface area contributed by atoms with Crippen molar-refractivity contribution in [3.63, 3.8) is 0 Å². The van der Waals surface area contributed by atoms with Gasteiger partial charge in [-0.3, -0.25) is 9.59 Å². The number of benzene rings is 2. The first-order valence-corrected chi connectivity index (χ1v) is 13.1. The molecule has 0 aliphatic carbocycles. The highest BCUT2D eigenvalue weighted by Crippen LogP contribution is 2.21. The van der Waals surface area contributed by atoms with Crippen LogP contribution in [-0.2, 0) is 26.3 Å². The standard InChI is InChI=1S/C25H35FN4O4S/c1-5-7-17-27-25(32)23(6-2)29(18-20-13-15-21(26)16-14-20)24(31)19-30(35(33,34)28(3)4)22-11-9-8-10-12-22/h8-16,23H,5-7,17-19H2,1-4H3,(H,27,32)/t23-/m0/s1. The summed E-state index contributed by atoms with van der Waals surface area (Å²) in [4.78, 5) is 28.0. The first-order chi connectivity index (χ1) is 16.6. The van der Waals surface area contributed by atoms with Crippen LogP contribution in [0.15, 0.2) is 54.6 Å². The Labute approximate surface area is 207 Å². The van der Waals surface area contributed by atoms with E-state index in [2.05, 4.69) is 5.32 Å². The normalized spacial score (nSPS) is 12.3. The number of hydrogen-bond acceptors (Lipinski definition) is 4. The molecule has 0 heterocycles. The van der Waals surface area contributed by atoms with Crippen LogP contribution in [0.4, 0.5) is 10.1 Å². The molecule has 0 saturated heterocycles. The summed E-state index contributed by atoms with van der Waals surface area (Å²) in [6, 6.07) is 13.2. The van der Waals surface area contributed by atoms with Gasteiger partial charge in [-0.15, -0.1) is 0 Å². The van der Waals surface area contributed by atoms with Crippen LogP contribution in [0.1, 0.15) is 38.7 Å². The predicted octanol–water partition coefficient (Wildman–Crippen LogP) is 3.16. The van der Waals surface area contributed by atoms with Gasteiger partial charge in [-0.25, -0.2) is 8.70 Å². The summed E-state index contributed by atoms with van der Waals surface area (Å²) >= 11 is 0. The number of para-hydroxylation sites is 1. The number of nitrogens with zero attached hydrogens (tertiary/aromatic N) is 3. The van der Waals surface area contributed by atoms with Gasteiger partial charge in [0, 0.05) is 27.2 Å². The van der Waals surface area contributed by atoms with Gasteiger partial charge in [0.2, 0.25) is 11.8 Å². The monoisotopic (exact) mass is 506 g/mol. The number of carbonyl (C=O) groups excluding carboxylic acids is 2. The molecule has 1 N–H and O–H groups in total. The summed E-state index contributed by atoms with van der Waals surface area (Å²) in [5, 5.41) is 2.87. The maximum Gasteiger partial charge on any atom is 0.304 e. The minimum absolute atomic E-state index is 0.0312. The average Bonchev–Trinajstić information content (AvgIpc) is 2.84. The van der Waals surface area contributed by atoms with E-state index >= 15 is 0 Å². The lowest BCUT2D eigenvalue weighted by molar-refractivity contribution is -0.140. The van der Waals surface area contributed by atoms with E-state index in [0.29, 0.717) is 24.2 Å². The van der Waals surface area contributed by atoms with E-state index in [1.54, 1.807) is 49.4 Å². The van der Waals surface area contributed by atoms with Gasteiger partial charge in [0.25, 0.3) is 0 Å². The molecule has 0 aliphatic rings. The van der Waals surface area contributed by atoms with Crippen molar-refractivity contribution in [3.8, 4) is 0 Å². The van der Waals surface area contributed by atoms with Crippen molar-refractivity contribution >= 4 is 27.7 Å². The number of unbranched alkanes of at least 4 members (excludes halogenated alkanes) is 1. The van der Waals surface area contributed by atoms with E-state index < -0.39 is 34.5 Å². The maximum absolute atomic E-state index is 13.6. The lowest BCUT2D eigenvalue weighted by atomic mass is 10.1. The van der Waals surface area contributed by atoms with Crippen molar-refractivity contribution in [1.29, 1.82) is 0 Å². The fourth-order valence-corrected chi connectivity index (χ4v) is 4.58. The highest BCUT2D eigenvalue weighted by Gasteiger charge is 2.33. The van der Waals surface area contributed by atoms with Crippen LogP contribution in [-0.4, -0.2) is 62.7 Å². The molecule has 192 valence electrons. The number of hydrogen-bond donors (Lipinski definition) is 1. The first-order valence-electron chi connectivity index (χ1n) is 11.7. The summed E-state index contributed by atoms with van der Waals surface area (Å²) in [6.07, 6.45) is 2.04. The molecule has 0 spiro atoms. The molecular formula is C25H35FN4O4S. The van der Waals surface area contributed by atoms with Gasteiger partial charge >= 0.3 is 10.2 Å². The minimum atomic E-state index is -4.00. The summed E-state index contributed by atoms with van der Waals surface area (Å²) in [5.41, 5.74) is 0.956. The van der Waals surface area contributed by atoms with Crippen LogP contribution in [0.2, 0.25) is 0 Å². The molecule has 2 rings (SSSR count). The van der Waals surface area contributed by atoms with Gasteiger partial charge in [0.05, 0.1) is 5.69 Å². The summed E-state index contributed by atoms with van der Waals surface area (Å²) in [6.45, 7) is 3.82. The Bertz CT molecular complexity index is 1060. The van der Waals surface area contributed by atoms with Crippen molar-refractivity contribution in [2.24, 2.45) is 0 Å². The predicted molar refractivity (Wildman–Crippen MR) is 135 cm³/mol. The van der Waals surface area contributed by atoms with Crippen molar-refractivity contribution in [3.05, 3.63) is 66.0 Å². The number of carbonyl (C=O) groups is 2. The second kappa shape index (κ2) is 13.2. The summed E-state index contributed by atoms with van der Waals surface area (Å²) in [5.74, 6) is -1.26. The molecule has 0 unspecified atom stereocenters. The first kappa shape index (κ1) is 28.3. The molecule has 1 atom stereocenters. The molecule has 0 fully saturated rings. The number of anilines is 1. The molecule has 0 radical (unpaired) electrons. The Morgan fingerprint density at radius 3 is 2.17 bits per heavy atom. The molecule has 35 heavy (non-hydrogen) atoms. The SMILES string of the molecule is CCCCNC(=O)[C@H](CC)N(Cc1ccc(F)cc1)C(=O)CN(c1ccccc1)S(=O)(=O)N(C)C. The van der Waals surface area contributed by atoms with Crippen LogP contribution in [0, 0.1) is 5.82 Å². The summed E-state index contributed by atoms with van der Waals surface area (Å²) in [7, 11) is -1.22. The Kier molecular flexibility index (Phi) is 10.7. The zero-order valence-corrected chi connectivity index (χ0v) is 21.6. The molecule has 2 aromatic carbocycles. The van der Waals surface area contributed by atoms with Gasteiger partial charge in [-0.05, 0) is 42.7 Å². The van der Waals surface area contributed by atoms with E-state index in [4.69, 9.17) is 0 Å². The third-order valence-corrected chi connectivity index (χ3v) is 7.36. The minimum Gasteiger partial charge on any atom is -0.354 e. The number of nitrogens with one attached hydrogen (secondary N) is 1. The lowest BCUT2D eigenvalue weighted by Crippen LogP contribution is -2.53. The molecule has 8 nitrogen and oxygen atoms in total. The quantitative estimate of drug-likeness (QED) is 0.423. The fourth-order valence-electron chi connectivity index (χ4n) is 3.52. The second-order valence-corrected chi connectivity index (χ2v) is 10.4. The maximum atomic E-state index is 13.6. The van der Waals surface area contributed by atoms with E-state index in [9.17, 15) is 22.4 Å². The van der Waals surface area contributed by atoms with Crippen LogP contribution >= 0.6 is 0 Å². The molecule has 2 amide bonds. The van der Waals surface area contributed by atoms with E-state index in [1.807, 2.05) is 6.92 Å². The molecule has 0 bridgehead atoms. The molecule has 2 aromatic rings. The Balaban J connectivity index is 2.42. The highest BCUT2D eigenvalue weighted by molar-refractivity contribution is 7.90. The van der Waals surface area contributed by atoms with E-state index in [0.717, 1.165) is 21.5 Å².